The molecule has 4 aromatic rings. The van der Waals surface area contributed by atoms with Gasteiger partial charge in [0, 0.05) is 18.6 Å². The van der Waals surface area contributed by atoms with Crippen molar-refractivity contribution in [3.63, 3.8) is 0 Å². The van der Waals surface area contributed by atoms with Gasteiger partial charge in [-0.1, -0.05) is 12.7 Å². The van der Waals surface area contributed by atoms with Crippen LogP contribution in [0.1, 0.15) is 11.7 Å². The highest BCUT2D eigenvalue weighted by molar-refractivity contribution is 7.92. The molecule has 0 bridgehead atoms. The summed E-state index contributed by atoms with van der Waals surface area (Å²) in [6, 6.07) is 6.44. The van der Waals surface area contributed by atoms with Crippen molar-refractivity contribution in [2.45, 2.75) is 11.1 Å². The standard InChI is InChI=1S/C20H19FN6O3S/c1-4-16(21)13-7-8-22-18(9-13)27-12-15(11-24-27)31(28,29)25-19-17(30-3)6-5-14-10-23-26(2)20(14)19/h4-12,16,25H,1H2,2-3H3. The maximum absolute atomic E-state index is 13.9. The highest BCUT2D eigenvalue weighted by Crippen LogP contribution is 2.34. The molecule has 0 spiro atoms. The van der Waals surface area contributed by atoms with Gasteiger partial charge in [0.1, 0.15) is 22.5 Å². The average Bonchev–Trinajstić information content (AvgIpc) is 3.41. The van der Waals surface area contributed by atoms with Gasteiger partial charge in [-0.2, -0.15) is 10.2 Å². The van der Waals surface area contributed by atoms with Crippen molar-refractivity contribution in [1.82, 2.24) is 24.5 Å². The number of ether oxygens (including phenoxy) is 1. The van der Waals surface area contributed by atoms with Crippen LogP contribution in [0.3, 0.4) is 0 Å². The molecule has 1 N–H and O–H groups in total. The van der Waals surface area contributed by atoms with E-state index >= 15 is 0 Å². The van der Waals surface area contributed by atoms with Gasteiger partial charge in [-0.25, -0.2) is 22.5 Å². The third-order valence-electron chi connectivity index (χ3n) is 4.72. The van der Waals surface area contributed by atoms with Crippen molar-refractivity contribution in [2.75, 3.05) is 11.8 Å². The first-order valence-corrected chi connectivity index (χ1v) is 10.6. The summed E-state index contributed by atoms with van der Waals surface area (Å²) in [6.07, 6.45) is 5.33. The molecule has 31 heavy (non-hydrogen) atoms. The van der Waals surface area contributed by atoms with Crippen molar-refractivity contribution in [1.29, 1.82) is 0 Å². The summed E-state index contributed by atoms with van der Waals surface area (Å²) in [7, 11) is -0.865. The molecule has 0 saturated carbocycles. The van der Waals surface area contributed by atoms with Gasteiger partial charge in [0.05, 0.1) is 31.2 Å². The van der Waals surface area contributed by atoms with Crippen LogP contribution in [0.15, 0.2) is 66.6 Å². The van der Waals surface area contributed by atoms with Crippen LogP contribution < -0.4 is 9.46 Å². The first-order valence-electron chi connectivity index (χ1n) is 9.13. The summed E-state index contributed by atoms with van der Waals surface area (Å²) in [6.45, 7) is 3.43. The Morgan fingerprint density at radius 2 is 2.06 bits per heavy atom. The molecule has 0 aliphatic rings. The topological polar surface area (TPSA) is 104 Å². The van der Waals surface area contributed by atoms with E-state index in [0.29, 0.717) is 16.8 Å². The molecule has 1 unspecified atom stereocenters. The lowest BCUT2D eigenvalue weighted by Gasteiger charge is -2.13. The van der Waals surface area contributed by atoms with E-state index in [9.17, 15) is 12.8 Å². The predicted octanol–water partition coefficient (Wildman–Crippen LogP) is 3.16. The second-order valence-corrected chi connectivity index (χ2v) is 8.34. The van der Waals surface area contributed by atoms with E-state index in [1.54, 1.807) is 30.1 Å². The second-order valence-electron chi connectivity index (χ2n) is 6.66. The van der Waals surface area contributed by atoms with Crippen molar-refractivity contribution in [3.05, 3.63) is 67.3 Å². The van der Waals surface area contributed by atoms with Crippen LogP contribution in [0.4, 0.5) is 10.1 Å². The fourth-order valence-corrected chi connectivity index (χ4v) is 4.16. The fourth-order valence-electron chi connectivity index (χ4n) is 3.15. The lowest BCUT2D eigenvalue weighted by atomic mass is 10.1. The number of sulfonamides is 1. The number of anilines is 1. The Balaban J connectivity index is 1.71. The maximum atomic E-state index is 13.9. The fraction of sp³-hybridized carbons (Fsp3) is 0.150. The van der Waals surface area contributed by atoms with Crippen molar-refractivity contribution >= 4 is 26.6 Å². The molecule has 1 aromatic carbocycles. The Morgan fingerprint density at radius 1 is 1.26 bits per heavy atom. The van der Waals surface area contributed by atoms with E-state index in [1.165, 1.54) is 42.5 Å². The number of nitrogens with one attached hydrogen (secondary N) is 1. The summed E-state index contributed by atoms with van der Waals surface area (Å²) in [4.78, 5) is 4.04. The molecule has 4 rings (SSSR count). The van der Waals surface area contributed by atoms with Crippen molar-refractivity contribution in [3.8, 4) is 11.6 Å². The summed E-state index contributed by atoms with van der Waals surface area (Å²) in [5.74, 6) is 0.620. The Hall–Kier alpha value is -3.73. The number of hydrogen-bond donors (Lipinski definition) is 1. The maximum Gasteiger partial charge on any atom is 0.265 e. The number of rotatable bonds is 7. The highest BCUT2D eigenvalue weighted by Gasteiger charge is 2.22. The lowest BCUT2D eigenvalue weighted by molar-refractivity contribution is 0.414. The van der Waals surface area contributed by atoms with Gasteiger partial charge in [0.2, 0.25) is 0 Å². The number of fused-ring (bicyclic) bond motifs is 1. The zero-order valence-electron chi connectivity index (χ0n) is 16.7. The molecule has 1 atom stereocenters. The van der Waals surface area contributed by atoms with Gasteiger partial charge in [-0.05, 0) is 29.8 Å². The monoisotopic (exact) mass is 442 g/mol. The normalized spacial score (nSPS) is 12.6. The van der Waals surface area contributed by atoms with Gasteiger partial charge in [0.15, 0.2) is 5.82 Å². The highest BCUT2D eigenvalue weighted by atomic mass is 32.2. The van der Waals surface area contributed by atoms with Crippen LogP contribution >= 0.6 is 0 Å². The number of benzene rings is 1. The second kappa shape index (κ2) is 7.84. The number of nitrogens with zero attached hydrogens (tertiary/aromatic N) is 5. The number of allylic oxidation sites excluding steroid dienone is 1. The molecule has 0 aliphatic carbocycles. The van der Waals surface area contributed by atoms with Crippen LogP contribution in [0.2, 0.25) is 0 Å². The third-order valence-corrected chi connectivity index (χ3v) is 6.02. The Labute approximate surface area is 177 Å². The van der Waals surface area contributed by atoms with E-state index in [4.69, 9.17) is 4.74 Å². The first-order chi connectivity index (χ1) is 14.8. The van der Waals surface area contributed by atoms with Gasteiger partial charge in [-0.15, -0.1) is 0 Å². The number of pyridine rings is 1. The molecule has 0 amide bonds. The molecule has 11 heteroatoms. The average molecular weight is 442 g/mol. The Kier molecular flexibility index (Phi) is 5.19. The van der Waals surface area contributed by atoms with E-state index < -0.39 is 16.2 Å². The van der Waals surface area contributed by atoms with Gasteiger partial charge in [0.25, 0.3) is 10.0 Å². The molecule has 3 heterocycles. The number of halogens is 1. The number of aromatic nitrogens is 5. The predicted molar refractivity (Wildman–Crippen MR) is 113 cm³/mol. The zero-order chi connectivity index (χ0) is 22.2. The molecular formula is C20H19FN6O3S. The number of aryl methyl sites for hydroxylation is 1. The molecular weight excluding hydrogens is 423 g/mol. The van der Waals surface area contributed by atoms with E-state index in [2.05, 4.69) is 26.5 Å². The largest absolute Gasteiger partial charge is 0.494 e. The molecule has 0 saturated heterocycles. The minimum absolute atomic E-state index is 0.0959. The third kappa shape index (κ3) is 3.75. The molecule has 0 aliphatic heterocycles. The van der Waals surface area contributed by atoms with Crippen LogP contribution in [0.25, 0.3) is 16.7 Å². The van der Waals surface area contributed by atoms with Crippen molar-refractivity contribution in [2.24, 2.45) is 7.05 Å². The van der Waals surface area contributed by atoms with Gasteiger partial charge < -0.3 is 4.74 Å². The lowest BCUT2D eigenvalue weighted by Crippen LogP contribution is -2.14. The van der Waals surface area contributed by atoms with Crippen LogP contribution in [-0.4, -0.2) is 40.1 Å². The van der Waals surface area contributed by atoms with Crippen molar-refractivity contribution < 1.29 is 17.5 Å². The quantitative estimate of drug-likeness (QED) is 0.441. The number of methoxy groups -OCH3 is 1. The minimum Gasteiger partial charge on any atom is -0.494 e. The first kappa shape index (κ1) is 20.5. The Bertz CT molecular complexity index is 1380. The van der Waals surface area contributed by atoms with Crippen LogP contribution in [0, 0.1) is 0 Å². The minimum atomic E-state index is -4.02. The summed E-state index contributed by atoms with van der Waals surface area (Å²) < 4.78 is 50.8. The summed E-state index contributed by atoms with van der Waals surface area (Å²) in [5, 5.41) is 8.99. The smallest absolute Gasteiger partial charge is 0.265 e. The molecule has 160 valence electrons. The molecule has 9 nitrogen and oxygen atoms in total. The van der Waals surface area contributed by atoms with Crippen LogP contribution in [-0.2, 0) is 17.1 Å². The van der Waals surface area contributed by atoms with Gasteiger partial charge >= 0.3 is 0 Å². The van der Waals surface area contributed by atoms with Crippen LogP contribution in [0.5, 0.6) is 5.75 Å². The summed E-state index contributed by atoms with van der Waals surface area (Å²) >= 11 is 0. The molecule has 0 fully saturated rings. The summed E-state index contributed by atoms with van der Waals surface area (Å²) in [5.41, 5.74) is 1.17. The van der Waals surface area contributed by atoms with E-state index in [1.807, 2.05) is 0 Å². The van der Waals surface area contributed by atoms with E-state index in [0.717, 1.165) is 11.5 Å². The Morgan fingerprint density at radius 3 is 2.81 bits per heavy atom. The zero-order valence-corrected chi connectivity index (χ0v) is 17.5. The molecule has 3 aromatic heterocycles. The SMILES string of the molecule is C=CC(F)c1ccnc(-n2cc(S(=O)(=O)Nc3c(OC)ccc4cnn(C)c34)cn2)c1. The molecule has 0 radical (unpaired) electrons. The van der Waals surface area contributed by atoms with Gasteiger partial charge in [-0.3, -0.25) is 9.40 Å². The van der Waals surface area contributed by atoms with E-state index in [-0.39, 0.29) is 16.4 Å². The number of hydrogen-bond acceptors (Lipinski definition) is 6. The number of alkyl halides is 1.